The normalized spacial score (nSPS) is 11.7. The zero-order valence-corrected chi connectivity index (χ0v) is 44.4. The van der Waals surface area contributed by atoms with E-state index in [9.17, 15) is 0 Å². The molecule has 15 aromatic carbocycles. The van der Waals surface area contributed by atoms with Gasteiger partial charge in [-0.05, 0) is 186 Å². The number of fused-ring (bicyclic) bond motifs is 10. The maximum atomic E-state index is 2.43. The Hall–Kier alpha value is -10.6. The first-order chi connectivity index (χ1) is 40.1. The molecular weight excluding hydrogens is 975 g/mol. The summed E-state index contributed by atoms with van der Waals surface area (Å²) in [7, 11) is 0. The van der Waals surface area contributed by atoms with Gasteiger partial charge in [-0.3, -0.25) is 0 Å². The van der Waals surface area contributed by atoms with E-state index in [-0.39, 0.29) is 0 Å². The van der Waals surface area contributed by atoms with Gasteiger partial charge in [0.15, 0.2) is 0 Å². The summed E-state index contributed by atoms with van der Waals surface area (Å²) in [6.45, 7) is 0. The summed E-state index contributed by atoms with van der Waals surface area (Å²) in [5.74, 6) is 0. The van der Waals surface area contributed by atoms with Gasteiger partial charge in [-0.15, -0.1) is 0 Å². The Kier molecular flexibility index (Phi) is 11.0. The first-order valence-corrected chi connectivity index (χ1v) is 28.0. The van der Waals surface area contributed by atoms with Crippen molar-refractivity contribution in [2.75, 3.05) is 0 Å². The molecule has 0 atom stereocenters. The van der Waals surface area contributed by atoms with Crippen LogP contribution in [0.25, 0.3) is 159 Å². The first-order valence-electron chi connectivity index (χ1n) is 28.0. The minimum atomic E-state index is 1.13. The third-order valence-electron chi connectivity index (χ3n) is 17.0. The Morgan fingerprint density at radius 2 is 0.457 bits per heavy atom. The highest BCUT2D eigenvalue weighted by Crippen LogP contribution is 2.41. The van der Waals surface area contributed by atoms with E-state index in [1.165, 1.54) is 154 Å². The molecule has 1 aromatic heterocycles. The zero-order chi connectivity index (χ0) is 53.4. The Morgan fingerprint density at radius 1 is 0.160 bits per heavy atom. The topological polar surface area (TPSA) is 4.93 Å². The number of hydrogen-bond donors (Lipinski definition) is 0. The van der Waals surface area contributed by atoms with Crippen molar-refractivity contribution in [3.63, 3.8) is 0 Å². The first kappa shape index (κ1) is 46.5. The molecule has 0 saturated carbocycles. The molecular formula is C80H51N. The summed E-state index contributed by atoms with van der Waals surface area (Å²) in [5.41, 5.74) is 20.4. The van der Waals surface area contributed by atoms with Crippen LogP contribution in [0.2, 0.25) is 0 Å². The molecule has 0 N–H and O–H groups in total. The van der Waals surface area contributed by atoms with E-state index in [1.807, 2.05) is 0 Å². The number of nitrogens with zero attached hydrogens (tertiary/aromatic N) is 1. The van der Waals surface area contributed by atoms with Crippen LogP contribution in [0, 0.1) is 0 Å². The third-order valence-corrected chi connectivity index (χ3v) is 17.0. The monoisotopic (exact) mass is 1030 g/mol. The lowest BCUT2D eigenvalue weighted by molar-refractivity contribution is 1.18. The quantitative estimate of drug-likeness (QED) is 0.134. The average Bonchev–Trinajstić information content (AvgIpc) is 4.01. The van der Waals surface area contributed by atoms with E-state index in [4.69, 9.17) is 0 Å². The second-order valence-electron chi connectivity index (χ2n) is 21.6. The highest BCUT2D eigenvalue weighted by Gasteiger charge is 2.17. The van der Waals surface area contributed by atoms with Gasteiger partial charge in [0.2, 0.25) is 0 Å². The highest BCUT2D eigenvalue weighted by molar-refractivity contribution is 6.16. The van der Waals surface area contributed by atoms with E-state index in [0.717, 1.165) is 5.69 Å². The number of benzene rings is 15. The molecule has 0 aliphatic heterocycles. The molecule has 1 nitrogen and oxygen atoms in total. The molecule has 1 heterocycles. The predicted molar refractivity (Wildman–Crippen MR) is 346 cm³/mol. The van der Waals surface area contributed by atoms with Crippen LogP contribution in [-0.2, 0) is 0 Å². The minimum absolute atomic E-state index is 1.13. The fraction of sp³-hybridized carbons (Fsp3) is 0. The maximum absolute atomic E-state index is 2.43. The van der Waals surface area contributed by atoms with E-state index in [0.29, 0.717) is 0 Å². The second kappa shape index (κ2) is 19.1. The van der Waals surface area contributed by atoms with E-state index >= 15 is 0 Å². The minimum Gasteiger partial charge on any atom is -0.309 e. The molecule has 81 heavy (non-hydrogen) atoms. The fourth-order valence-electron chi connectivity index (χ4n) is 12.8. The lowest BCUT2D eigenvalue weighted by Gasteiger charge is -2.12. The van der Waals surface area contributed by atoms with Crippen LogP contribution in [0.3, 0.4) is 0 Å². The van der Waals surface area contributed by atoms with Gasteiger partial charge in [-0.2, -0.15) is 0 Å². The lowest BCUT2D eigenvalue weighted by Crippen LogP contribution is -1.94. The standard InChI is InChI=1S/C80H51N/c1-2-12-62-47-63(38-33-52(62)11-1)59-39-43-68(44-40-59)81-79-45-41-64(57-25-21-53(22-26-57)55-29-34-60(35-30-55)75-50-66-13-3-5-15-69(66)71-17-7-9-19-73(71)75)48-77(79)78-49-65(42-46-80(78)81)58-27-23-54(24-28-58)56-31-36-61(37-32-56)76-51-67-14-4-6-16-70(67)72-18-8-10-20-74(72)76/h1-51H. The number of rotatable bonds is 8. The molecule has 0 saturated heterocycles. The second-order valence-corrected chi connectivity index (χ2v) is 21.6. The Morgan fingerprint density at radius 3 is 0.889 bits per heavy atom. The van der Waals surface area contributed by atoms with Gasteiger partial charge < -0.3 is 4.57 Å². The summed E-state index contributed by atoms with van der Waals surface area (Å²) >= 11 is 0. The van der Waals surface area contributed by atoms with Gasteiger partial charge in [0.05, 0.1) is 11.0 Å². The van der Waals surface area contributed by atoms with Crippen molar-refractivity contribution in [1.82, 2.24) is 4.57 Å². The summed E-state index contributed by atoms with van der Waals surface area (Å²) in [4.78, 5) is 0. The average molecular weight is 1030 g/mol. The van der Waals surface area contributed by atoms with E-state index in [2.05, 4.69) is 314 Å². The molecule has 0 radical (unpaired) electrons. The van der Waals surface area contributed by atoms with Crippen LogP contribution in [0.15, 0.2) is 309 Å². The van der Waals surface area contributed by atoms with E-state index < -0.39 is 0 Å². The maximum Gasteiger partial charge on any atom is 0.0541 e. The molecule has 0 bridgehead atoms. The zero-order valence-electron chi connectivity index (χ0n) is 44.4. The summed E-state index contributed by atoms with van der Waals surface area (Å²) < 4.78 is 2.43. The predicted octanol–water partition coefficient (Wildman–Crippen LogP) is 22.2. The van der Waals surface area contributed by atoms with Crippen LogP contribution in [-0.4, -0.2) is 4.57 Å². The van der Waals surface area contributed by atoms with Crippen LogP contribution >= 0.6 is 0 Å². The van der Waals surface area contributed by atoms with Crippen molar-refractivity contribution < 1.29 is 0 Å². The van der Waals surface area contributed by atoms with Crippen molar-refractivity contribution in [1.29, 1.82) is 0 Å². The van der Waals surface area contributed by atoms with Crippen LogP contribution < -0.4 is 0 Å². The third kappa shape index (κ3) is 8.09. The number of hydrogen-bond acceptors (Lipinski definition) is 0. The molecule has 0 spiro atoms. The lowest BCUT2D eigenvalue weighted by atomic mass is 9.92. The number of aromatic nitrogens is 1. The van der Waals surface area contributed by atoms with Crippen LogP contribution in [0.5, 0.6) is 0 Å². The van der Waals surface area contributed by atoms with Crippen molar-refractivity contribution in [3.05, 3.63) is 309 Å². The molecule has 16 rings (SSSR count). The molecule has 0 amide bonds. The molecule has 376 valence electrons. The highest BCUT2D eigenvalue weighted by atomic mass is 15.0. The van der Waals surface area contributed by atoms with Crippen molar-refractivity contribution in [2.24, 2.45) is 0 Å². The molecule has 0 aliphatic carbocycles. The van der Waals surface area contributed by atoms with Crippen LogP contribution in [0.1, 0.15) is 0 Å². The Balaban J connectivity index is 0.735. The van der Waals surface area contributed by atoms with Crippen molar-refractivity contribution >= 4 is 75.7 Å². The van der Waals surface area contributed by atoms with Gasteiger partial charge in [0, 0.05) is 16.5 Å². The Labute approximate surface area is 470 Å². The summed E-state index contributed by atoms with van der Waals surface area (Å²) in [6.07, 6.45) is 0. The van der Waals surface area contributed by atoms with Gasteiger partial charge in [-0.25, -0.2) is 0 Å². The molecule has 0 aliphatic rings. The Bertz CT molecular complexity index is 4840. The largest absolute Gasteiger partial charge is 0.309 e. The van der Waals surface area contributed by atoms with Crippen LogP contribution in [0.4, 0.5) is 0 Å². The van der Waals surface area contributed by atoms with Gasteiger partial charge in [0.1, 0.15) is 0 Å². The SMILES string of the molecule is c1ccc2cc(-c3ccc(-n4c5ccc(-c6ccc(-c7ccc(-c8cc9ccccc9c9ccccc89)cc7)cc6)cc5c5cc(-c6ccc(-c7ccc(-c8cc9ccccc9c9ccccc89)cc7)cc6)ccc54)cc3)ccc2c1. The van der Waals surface area contributed by atoms with Gasteiger partial charge in [-0.1, -0.05) is 255 Å². The van der Waals surface area contributed by atoms with Crippen molar-refractivity contribution in [3.8, 4) is 83.6 Å². The van der Waals surface area contributed by atoms with E-state index in [1.54, 1.807) is 0 Å². The van der Waals surface area contributed by atoms with Gasteiger partial charge >= 0.3 is 0 Å². The molecule has 1 heteroatoms. The summed E-state index contributed by atoms with van der Waals surface area (Å²) in [5, 5.41) is 15.2. The summed E-state index contributed by atoms with van der Waals surface area (Å²) in [6, 6.07) is 114. The van der Waals surface area contributed by atoms with Gasteiger partial charge in [0.25, 0.3) is 0 Å². The molecule has 0 unspecified atom stereocenters. The van der Waals surface area contributed by atoms with Crippen molar-refractivity contribution in [2.45, 2.75) is 0 Å². The molecule has 0 fully saturated rings. The fourth-order valence-corrected chi connectivity index (χ4v) is 12.8. The molecule has 16 aromatic rings. The smallest absolute Gasteiger partial charge is 0.0541 e.